The highest BCUT2D eigenvalue weighted by molar-refractivity contribution is 7.25. The second kappa shape index (κ2) is 2.80. The largest absolute Gasteiger partial charge is 0.385 e. The Hall–Kier alpha value is -1.88. The van der Waals surface area contributed by atoms with Crippen LogP contribution in [0.2, 0.25) is 0 Å². The van der Waals surface area contributed by atoms with Gasteiger partial charge >= 0.3 is 5.69 Å². The van der Waals surface area contributed by atoms with Gasteiger partial charge in [-0.2, -0.15) is 4.98 Å². The van der Waals surface area contributed by atoms with E-state index in [9.17, 15) is 4.79 Å². The van der Waals surface area contributed by atoms with Crippen molar-refractivity contribution in [3.63, 3.8) is 0 Å². The zero-order valence-corrected chi connectivity index (χ0v) is 8.47. The average molecular weight is 217 g/mol. The molecular formula is C10H7N3OS. The number of anilines is 1. The van der Waals surface area contributed by atoms with E-state index in [1.807, 2.05) is 24.3 Å². The third-order valence-corrected chi connectivity index (χ3v) is 3.36. The highest BCUT2D eigenvalue weighted by Crippen LogP contribution is 2.33. The molecule has 0 unspecified atom stereocenters. The van der Waals surface area contributed by atoms with Gasteiger partial charge in [0.05, 0.1) is 5.39 Å². The molecule has 0 aliphatic carbocycles. The number of nitrogens with zero attached hydrogens (tertiary/aromatic N) is 1. The van der Waals surface area contributed by atoms with Crippen molar-refractivity contribution in [1.82, 2.24) is 9.97 Å². The number of nitrogens with two attached hydrogens (primary N) is 1. The van der Waals surface area contributed by atoms with Crippen molar-refractivity contribution in [3.8, 4) is 0 Å². The Balaban J connectivity index is 2.67. The van der Waals surface area contributed by atoms with Gasteiger partial charge in [-0.3, -0.25) is 4.98 Å². The van der Waals surface area contributed by atoms with Crippen molar-refractivity contribution in [2.24, 2.45) is 0 Å². The number of thiophene rings is 1. The number of aromatic nitrogens is 2. The van der Waals surface area contributed by atoms with Gasteiger partial charge in [0.25, 0.3) is 0 Å². The molecule has 0 saturated heterocycles. The quantitative estimate of drug-likeness (QED) is 0.602. The molecule has 3 aromatic rings. The highest BCUT2D eigenvalue weighted by Gasteiger charge is 2.09. The average Bonchev–Trinajstić information content (AvgIpc) is 2.54. The van der Waals surface area contributed by atoms with Crippen LogP contribution in [0.5, 0.6) is 0 Å². The minimum Gasteiger partial charge on any atom is -0.385 e. The lowest BCUT2D eigenvalue weighted by molar-refractivity contribution is 1.14. The Morgan fingerprint density at radius 2 is 2.13 bits per heavy atom. The molecular weight excluding hydrogens is 210 g/mol. The van der Waals surface area contributed by atoms with Crippen LogP contribution < -0.4 is 11.4 Å². The highest BCUT2D eigenvalue weighted by atomic mass is 32.1. The van der Waals surface area contributed by atoms with Gasteiger partial charge in [0, 0.05) is 10.1 Å². The fourth-order valence-corrected chi connectivity index (χ4v) is 2.75. The van der Waals surface area contributed by atoms with E-state index in [4.69, 9.17) is 5.73 Å². The first kappa shape index (κ1) is 8.43. The number of aromatic amines is 1. The second-order valence-electron chi connectivity index (χ2n) is 3.23. The van der Waals surface area contributed by atoms with Crippen molar-refractivity contribution in [3.05, 3.63) is 34.7 Å². The monoisotopic (exact) mass is 217 g/mol. The lowest BCUT2D eigenvalue weighted by Crippen LogP contribution is -2.11. The lowest BCUT2D eigenvalue weighted by atomic mass is 10.2. The number of nitrogen functional groups attached to an aromatic ring is 1. The van der Waals surface area contributed by atoms with Gasteiger partial charge < -0.3 is 5.73 Å². The van der Waals surface area contributed by atoms with Crippen molar-refractivity contribution in [2.75, 3.05) is 5.73 Å². The summed E-state index contributed by atoms with van der Waals surface area (Å²) in [6.45, 7) is 0. The Bertz CT molecular complexity index is 713. The molecule has 0 radical (unpaired) electrons. The number of hydrogen-bond acceptors (Lipinski definition) is 4. The van der Waals surface area contributed by atoms with Crippen LogP contribution in [-0.4, -0.2) is 9.97 Å². The van der Waals surface area contributed by atoms with Crippen LogP contribution in [0.15, 0.2) is 29.1 Å². The molecule has 15 heavy (non-hydrogen) atoms. The smallest absolute Gasteiger partial charge is 0.347 e. The molecule has 0 atom stereocenters. The van der Waals surface area contributed by atoms with E-state index in [-0.39, 0.29) is 0 Å². The van der Waals surface area contributed by atoms with Crippen molar-refractivity contribution in [1.29, 1.82) is 0 Å². The van der Waals surface area contributed by atoms with Gasteiger partial charge in [-0.05, 0) is 6.07 Å². The van der Waals surface area contributed by atoms with Crippen molar-refractivity contribution < 1.29 is 0 Å². The Morgan fingerprint density at radius 3 is 3.00 bits per heavy atom. The third-order valence-electron chi connectivity index (χ3n) is 2.29. The van der Waals surface area contributed by atoms with E-state index in [1.54, 1.807) is 0 Å². The molecule has 4 nitrogen and oxygen atoms in total. The maximum absolute atomic E-state index is 11.1. The van der Waals surface area contributed by atoms with Crippen LogP contribution in [0, 0.1) is 0 Å². The summed E-state index contributed by atoms with van der Waals surface area (Å²) in [7, 11) is 0. The van der Waals surface area contributed by atoms with E-state index in [0.29, 0.717) is 10.6 Å². The lowest BCUT2D eigenvalue weighted by Gasteiger charge is -1.94. The number of benzene rings is 1. The van der Waals surface area contributed by atoms with E-state index < -0.39 is 5.69 Å². The molecule has 5 heteroatoms. The van der Waals surface area contributed by atoms with Crippen molar-refractivity contribution in [2.45, 2.75) is 0 Å². The molecule has 2 heterocycles. The van der Waals surface area contributed by atoms with Gasteiger partial charge in [-0.15, -0.1) is 11.3 Å². The summed E-state index contributed by atoms with van der Waals surface area (Å²) >= 11 is 1.48. The molecule has 3 N–H and O–H groups in total. The minimum atomic E-state index is -0.397. The Morgan fingerprint density at radius 1 is 1.33 bits per heavy atom. The fraction of sp³-hybridized carbons (Fsp3) is 0. The van der Waals surface area contributed by atoms with Crippen LogP contribution in [0.3, 0.4) is 0 Å². The van der Waals surface area contributed by atoms with E-state index in [2.05, 4.69) is 9.97 Å². The summed E-state index contributed by atoms with van der Waals surface area (Å²) < 4.78 is 1.09. The van der Waals surface area contributed by atoms with Crippen LogP contribution >= 0.6 is 11.3 Å². The number of nitrogens with one attached hydrogen (secondary N) is 1. The predicted octanol–water partition coefficient (Wildman–Crippen LogP) is 1.72. The van der Waals surface area contributed by atoms with E-state index >= 15 is 0 Å². The van der Waals surface area contributed by atoms with Crippen LogP contribution in [0.4, 0.5) is 5.82 Å². The zero-order valence-electron chi connectivity index (χ0n) is 7.65. The summed E-state index contributed by atoms with van der Waals surface area (Å²) in [6, 6.07) is 7.87. The number of fused-ring (bicyclic) bond motifs is 3. The first-order valence-corrected chi connectivity index (χ1v) is 5.24. The van der Waals surface area contributed by atoms with Gasteiger partial charge in [0.2, 0.25) is 0 Å². The summed E-state index contributed by atoms with van der Waals surface area (Å²) in [5.41, 5.74) is 5.38. The first-order valence-electron chi connectivity index (χ1n) is 4.43. The number of H-pyrrole nitrogens is 1. The van der Waals surface area contributed by atoms with Gasteiger partial charge in [0.1, 0.15) is 10.6 Å². The predicted molar refractivity (Wildman–Crippen MR) is 62.2 cm³/mol. The molecule has 0 amide bonds. The molecule has 0 bridgehead atoms. The number of rotatable bonds is 0. The van der Waals surface area contributed by atoms with Crippen LogP contribution in [0.1, 0.15) is 0 Å². The maximum atomic E-state index is 11.1. The molecule has 0 aliphatic heterocycles. The second-order valence-corrected chi connectivity index (χ2v) is 4.26. The van der Waals surface area contributed by atoms with E-state index in [1.165, 1.54) is 11.3 Å². The SMILES string of the molecule is Nc1[nH]c(=O)nc2sc3ccccc3c12. The molecule has 0 spiro atoms. The third kappa shape index (κ3) is 1.13. The van der Waals surface area contributed by atoms with Crippen LogP contribution in [-0.2, 0) is 0 Å². The Labute approximate surface area is 88.4 Å². The molecule has 0 fully saturated rings. The van der Waals surface area contributed by atoms with Gasteiger partial charge in [-0.1, -0.05) is 18.2 Å². The summed E-state index contributed by atoms with van der Waals surface area (Å²) in [6.07, 6.45) is 0. The Kier molecular flexibility index (Phi) is 1.58. The molecule has 0 saturated carbocycles. The fourth-order valence-electron chi connectivity index (χ4n) is 1.67. The maximum Gasteiger partial charge on any atom is 0.347 e. The van der Waals surface area contributed by atoms with Gasteiger partial charge in [0.15, 0.2) is 0 Å². The standard InChI is InChI=1S/C10H7N3OS/c11-8-7-5-3-1-2-4-6(5)15-9(7)13-10(14)12-8/h1-4H,(H3,11,12,13,14). The summed E-state index contributed by atoms with van der Waals surface area (Å²) in [5, 5.41) is 1.88. The van der Waals surface area contributed by atoms with Gasteiger partial charge in [-0.25, -0.2) is 4.79 Å². The normalized spacial score (nSPS) is 11.2. The topological polar surface area (TPSA) is 71.8 Å². The molecule has 74 valence electrons. The van der Waals surface area contributed by atoms with E-state index in [0.717, 1.165) is 15.5 Å². The molecule has 0 aliphatic rings. The zero-order chi connectivity index (χ0) is 10.4. The van der Waals surface area contributed by atoms with Crippen LogP contribution in [0.25, 0.3) is 20.3 Å². The molecule has 2 aromatic heterocycles. The summed E-state index contributed by atoms with van der Waals surface area (Å²) in [4.78, 5) is 18.2. The molecule has 3 rings (SSSR count). The molecule has 1 aromatic carbocycles. The minimum absolute atomic E-state index is 0.391. The number of hydrogen-bond donors (Lipinski definition) is 2. The van der Waals surface area contributed by atoms with Crippen molar-refractivity contribution >= 4 is 37.5 Å². The summed E-state index contributed by atoms with van der Waals surface area (Å²) in [5.74, 6) is 0.391. The first-order chi connectivity index (χ1) is 7.25.